The Labute approximate surface area is 114 Å². The van der Waals surface area contributed by atoms with Crippen LogP contribution in [-0.4, -0.2) is 41.9 Å². The van der Waals surface area contributed by atoms with Gasteiger partial charge in [-0.1, -0.05) is 6.42 Å². The number of Topliss-reactive ketones (excluding diaryl/α,β-unsaturated/α-hetero) is 1. The van der Waals surface area contributed by atoms with Crippen LogP contribution in [0.4, 0.5) is 0 Å². The van der Waals surface area contributed by atoms with Gasteiger partial charge in [0.15, 0.2) is 0 Å². The lowest BCUT2D eigenvalue weighted by atomic mass is 9.81. The molecule has 3 aliphatic rings. The lowest BCUT2D eigenvalue weighted by molar-refractivity contribution is -0.144. The molecule has 4 heteroatoms. The summed E-state index contributed by atoms with van der Waals surface area (Å²) in [6.45, 7) is 1.52. The molecule has 19 heavy (non-hydrogen) atoms. The molecule has 3 rings (SSSR count). The molecule has 1 saturated carbocycles. The second kappa shape index (κ2) is 5.61. The molecular formula is C15H23NO3. The fourth-order valence-corrected chi connectivity index (χ4v) is 3.86. The minimum absolute atomic E-state index is 0.0987. The molecule has 0 spiro atoms. The van der Waals surface area contributed by atoms with Crippen LogP contribution in [0.15, 0.2) is 0 Å². The van der Waals surface area contributed by atoms with Crippen LogP contribution in [0.1, 0.15) is 51.4 Å². The van der Waals surface area contributed by atoms with Crippen LogP contribution in [0, 0.1) is 5.92 Å². The normalized spacial score (nSPS) is 35.9. The molecule has 3 atom stereocenters. The van der Waals surface area contributed by atoms with E-state index in [-0.39, 0.29) is 24.0 Å². The van der Waals surface area contributed by atoms with E-state index in [1.807, 2.05) is 4.90 Å². The van der Waals surface area contributed by atoms with Crippen LogP contribution in [-0.2, 0) is 14.3 Å². The van der Waals surface area contributed by atoms with Crippen molar-refractivity contribution in [2.45, 2.75) is 63.5 Å². The second-order valence-electron chi connectivity index (χ2n) is 6.06. The van der Waals surface area contributed by atoms with Crippen molar-refractivity contribution < 1.29 is 14.3 Å². The Morgan fingerprint density at radius 1 is 1.11 bits per heavy atom. The van der Waals surface area contributed by atoms with Crippen molar-refractivity contribution in [2.75, 3.05) is 13.2 Å². The fraction of sp³-hybridized carbons (Fsp3) is 0.867. The monoisotopic (exact) mass is 265 g/mol. The lowest BCUT2D eigenvalue weighted by Crippen LogP contribution is -2.47. The van der Waals surface area contributed by atoms with Gasteiger partial charge in [-0.3, -0.25) is 9.59 Å². The predicted octanol–water partition coefficient (Wildman–Crippen LogP) is 1.92. The van der Waals surface area contributed by atoms with E-state index in [4.69, 9.17) is 4.74 Å². The lowest BCUT2D eigenvalue weighted by Gasteiger charge is -2.34. The van der Waals surface area contributed by atoms with E-state index in [2.05, 4.69) is 0 Å². The highest BCUT2D eigenvalue weighted by Gasteiger charge is 2.41. The molecule has 2 saturated heterocycles. The SMILES string of the molecule is O=C1CCCCC1C1CCCN1C(=O)C1CCCO1. The van der Waals surface area contributed by atoms with E-state index in [0.717, 1.165) is 51.5 Å². The van der Waals surface area contributed by atoms with Crippen molar-refractivity contribution in [3.63, 3.8) is 0 Å². The average molecular weight is 265 g/mol. The largest absolute Gasteiger partial charge is 0.368 e. The summed E-state index contributed by atoms with van der Waals surface area (Å²) in [5.74, 6) is 0.614. The Bertz CT molecular complexity index is 362. The predicted molar refractivity (Wildman–Crippen MR) is 70.7 cm³/mol. The standard InChI is InChI=1S/C15H23NO3/c17-13-7-2-1-5-11(13)12-6-3-9-16(12)15(18)14-8-4-10-19-14/h11-12,14H,1-10H2. The van der Waals surface area contributed by atoms with Gasteiger partial charge in [-0.15, -0.1) is 0 Å². The molecule has 0 N–H and O–H groups in total. The maximum atomic E-state index is 12.5. The molecule has 1 aliphatic carbocycles. The summed E-state index contributed by atoms with van der Waals surface area (Å²) in [6.07, 6.45) is 7.47. The molecule has 3 unspecified atom stereocenters. The third-order valence-electron chi connectivity index (χ3n) is 4.85. The van der Waals surface area contributed by atoms with Gasteiger partial charge in [0, 0.05) is 31.5 Å². The van der Waals surface area contributed by atoms with E-state index in [1.165, 1.54) is 0 Å². The quantitative estimate of drug-likeness (QED) is 0.766. The van der Waals surface area contributed by atoms with Crippen molar-refractivity contribution in [3.05, 3.63) is 0 Å². The van der Waals surface area contributed by atoms with E-state index in [0.29, 0.717) is 18.8 Å². The van der Waals surface area contributed by atoms with Crippen LogP contribution < -0.4 is 0 Å². The summed E-state index contributed by atoms with van der Waals surface area (Å²) in [4.78, 5) is 26.6. The van der Waals surface area contributed by atoms with Gasteiger partial charge >= 0.3 is 0 Å². The Morgan fingerprint density at radius 2 is 2.00 bits per heavy atom. The first-order chi connectivity index (χ1) is 9.27. The van der Waals surface area contributed by atoms with Crippen molar-refractivity contribution in [1.82, 2.24) is 4.90 Å². The summed E-state index contributed by atoms with van der Waals surface area (Å²) < 4.78 is 5.51. The van der Waals surface area contributed by atoms with Crippen molar-refractivity contribution in [1.29, 1.82) is 0 Å². The Morgan fingerprint density at radius 3 is 2.74 bits per heavy atom. The fourth-order valence-electron chi connectivity index (χ4n) is 3.86. The number of ketones is 1. The molecule has 2 aliphatic heterocycles. The highest BCUT2D eigenvalue weighted by atomic mass is 16.5. The maximum absolute atomic E-state index is 12.5. The molecule has 106 valence electrons. The molecule has 0 radical (unpaired) electrons. The summed E-state index contributed by atoms with van der Waals surface area (Å²) in [7, 11) is 0. The van der Waals surface area contributed by atoms with Crippen LogP contribution in [0.2, 0.25) is 0 Å². The first-order valence-electron chi connectivity index (χ1n) is 7.72. The van der Waals surface area contributed by atoms with Crippen molar-refractivity contribution in [3.8, 4) is 0 Å². The Kier molecular flexibility index (Phi) is 3.87. The van der Waals surface area contributed by atoms with E-state index in [1.54, 1.807) is 0 Å². The van der Waals surface area contributed by atoms with Gasteiger partial charge in [-0.25, -0.2) is 0 Å². The smallest absolute Gasteiger partial charge is 0.251 e. The molecule has 1 amide bonds. The summed E-state index contributed by atoms with van der Waals surface area (Å²) >= 11 is 0. The summed E-state index contributed by atoms with van der Waals surface area (Å²) in [5.41, 5.74) is 0. The van der Waals surface area contributed by atoms with Gasteiger partial charge in [0.2, 0.25) is 0 Å². The number of amides is 1. The Hall–Kier alpha value is -0.900. The van der Waals surface area contributed by atoms with E-state index in [9.17, 15) is 9.59 Å². The van der Waals surface area contributed by atoms with Gasteiger partial charge in [-0.05, 0) is 38.5 Å². The molecule has 3 fully saturated rings. The minimum atomic E-state index is -0.237. The summed E-state index contributed by atoms with van der Waals surface area (Å²) in [6, 6.07) is 0.157. The highest BCUT2D eigenvalue weighted by molar-refractivity contribution is 5.85. The van der Waals surface area contributed by atoms with Gasteiger partial charge < -0.3 is 9.64 Å². The zero-order chi connectivity index (χ0) is 13.2. The van der Waals surface area contributed by atoms with Gasteiger partial charge in [-0.2, -0.15) is 0 Å². The number of likely N-dealkylation sites (tertiary alicyclic amines) is 1. The first kappa shape index (κ1) is 13.1. The number of carbonyl (C=O) groups is 2. The molecule has 0 aromatic rings. The molecule has 4 nitrogen and oxygen atoms in total. The average Bonchev–Trinajstić information content (AvgIpc) is 3.10. The zero-order valence-electron chi connectivity index (χ0n) is 11.5. The minimum Gasteiger partial charge on any atom is -0.368 e. The number of nitrogens with zero attached hydrogens (tertiary/aromatic N) is 1. The number of hydrogen-bond donors (Lipinski definition) is 0. The number of carbonyl (C=O) groups excluding carboxylic acids is 2. The molecule has 0 aromatic heterocycles. The van der Waals surface area contributed by atoms with Crippen molar-refractivity contribution >= 4 is 11.7 Å². The van der Waals surface area contributed by atoms with Crippen LogP contribution in [0.5, 0.6) is 0 Å². The number of hydrogen-bond acceptors (Lipinski definition) is 3. The number of ether oxygens (including phenoxy) is 1. The van der Waals surface area contributed by atoms with Gasteiger partial charge in [0.25, 0.3) is 5.91 Å². The van der Waals surface area contributed by atoms with Crippen molar-refractivity contribution in [2.24, 2.45) is 5.92 Å². The third kappa shape index (κ3) is 2.55. The van der Waals surface area contributed by atoms with E-state index >= 15 is 0 Å². The topological polar surface area (TPSA) is 46.6 Å². The third-order valence-corrected chi connectivity index (χ3v) is 4.85. The molecule has 0 bridgehead atoms. The van der Waals surface area contributed by atoms with Crippen LogP contribution >= 0.6 is 0 Å². The molecule has 2 heterocycles. The summed E-state index contributed by atoms with van der Waals surface area (Å²) in [5, 5.41) is 0. The zero-order valence-corrected chi connectivity index (χ0v) is 11.5. The number of rotatable bonds is 2. The van der Waals surface area contributed by atoms with Gasteiger partial charge in [0.05, 0.1) is 0 Å². The molecule has 0 aromatic carbocycles. The maximum Gasteiger partial charge on any atom is 0.251 e. The first-order valence-corrected chi connectivity index (χ1v) is 7.72. The van der Waals surface area contributed by atoms with E-state index < -0.39 is 0 Å². The van der Waals surface area contributed by atoms with Gasteiger partial charge in [0.1, 0.15) is 11.9 Å². The van der Waals surface area contributed by atoms with Crippen LogP contribution in [0.3, 0.4) is 0 Å². The second-order valence-corrected chi connectivity index (χ2v) is 6.06. The molecular weight excluding hydrogens is 242 g/mol. The highest BCUT2D eigenvalue weighted by Crippen LogP contribution is 2.33. The Balaban J connectivity index is 1.69. The van der Waals surface area contributed by atoms with Crippen LogP contribution in [0.25, 0.3) is 0 Å².